The Balaban J connectivity index is 2.18. The molecular formula is C15H14N4O2. The second-order valence-corrected chi connectivity index (χ2v) is 4.74. The van der Waals surface area contributed by atoms with Crippen LogP contribution in [0.4, 0.5) is 0 Å². The molecule has 0 aliphatic rings. The van der Waals surface area contributed by atoms with E-state index in [1.807, 2.05) is 25.1 Å². The third-order valence-corrected chi connectivity index (χ3v) is 3.29. The maximum Gasteiger partial charge on any atom is 0.254 e. The number of methoxy groups -OCH3 is 1. The highest BCUT2D eigenvalue weighted by atomic mass is 16.5. The minimum Gasteiger partial charge on any atom is -0.496 e. The number of aromatic nitrogens is 3. The van der Waals surface area contributed by atoms with Crippen LogP contribution in [0.3, 0.4) is 0 Å². The fourth-order valence-corrected chi connectivity index (χ4v) is 2.24. The van der Waals surface area contributed by atoms with Gasteiger partial charge in [-0.1, -0.05) is 11.6 Å². The first kappa shape index (κ1) is 13.1. The van der Waals surface area contributed by atoms with Gasteiger partial charge in [-0.2, -0.15) is 5.10 Å². The van der Waals surface area contributed by atoms with E-state index in [0.29, 0.717) is 11.2 Å². The highest BCUT2D eigenvalue weighted by Gasteiger charge is 2.13. The molecule has 6 heteroatoms. The number of carbonyl (C=O) groups is 1. The first-order valence-electron chi connectivity index (χ1n) is 6.38. The summed E-state index contributed by atoms with van der Waals surface area (Å²) in [6.45, 7) is 2.01. The summed E-state index contributed by atoms with van der Waals surface area (Å²) in [6, 6.07) is 5.90. The van der Waals surface area contributed by atoms with Crippen LogP contribution in [0.25, 0.3) is 16.8 Å². The van der Waals surface area contributed by atoms with Crippen molar-refractivity contribution < 1.29 is 9.53 Å². The van der Waals surface area contributed by atoms with Crippen LogP contribution in [0.2, 0.25) is 0 Å². The largest absolute Gasteiger partial charge is 0.496 e. The van der Waals surface area contributed by atoms with Gasteiger partial charge in [0.05, 0.1) is 13.3 Å². The minimum atomic E-state index is -0.543. The molecule has 0 unspecified atom stereocenters. The maximum absolute atomic E-state index is 11.3. The predicted octanol–water partition coefficient (Wildman–Crippen LogP) is 1.81. The highest BCUT2D eigenvalue weighted by Crippen LogP contribution is 2.30. The second-order valence-electron chi connectivity index (χ2n) is 4.74. The summed E-state index contributed by atoms with van der Waals surface area (Å²) >= 11 is 0. The SMILES string of the molecule is COc1ccc(C)cc1-c1cnc2c(C(N)=O)cnn2c1. The molecule has 0 saturated heterocycles. The maximum atomic E-state index is 11.3. The van der Waals surface area contributed by atoms with Gasteiger partial charge in [-0.25, -0.2) is 9.50 Å². The zero-order valence-corrected chi connectivity index (χ0v) is 11.7. The lowest BCUT2D eigenvalue weighted by atomic mass is 10.1. The fourth-order valence-electron chi connectivity index (χ4n) is 2.24. The van der Waals surface area contributed by atoms with E-state index in [4.69, 9.17) is 10.5 Å². The van der Waals surface area contributed by atoms with Crippen LogP contribution in [-0.4, -0.2) is 27.6 Å². The number of ether oxygens (including phenoxy) is 1. The normalized spacial score (nSPS) is 10.8. The van der Waals surface area contributed by atoms with Gasteiger partial charge in [0.2, 0.25) is 0 Å². The number of fused-ring (bicyclic) bond motifs is 1. The molecule has 1 amide bonds. The van der Waals surface area contributed by atoms with Crippen molar-refractivity contribution >= 4 is 11.6 Å². The summed E-state index contributed by atoms with van der Waals surface area (Å²) in [5.41, 5.74) is 8.92. The first-order chi connectivity index (χ1) is 10.1. The van der Waals surface area contributed by atoms with Crippen LogP contribution in [-0.2, 0) is 0 Å². The lowest BCUT2D eigenvalue weighted by molar-refractivity contribution is 0.100. The summed E-state index contributed by atoms with van der Waals surface area (Å²) in [5.74, 6) is 0.211. The van der Waals surface area contributed by atoms with Gasteiger partial charge in [-0.15, -0.1) is 0 Å². The number of benzene rings is 1. The van der Waals surface area contributed by atoms with Gasteiger partial charge >= 0.3 is 0 Å². The molecule has 1 aromatic carbocycles. The molecule has 2 N–H and O–H groups in total. The molecule has 0 saturated carbocycles. The average molecular weight is 282 g/mol. The molecule has 0 radical (unpaired) electrons. The zero-order chi connectivity index (χ0) is 15.0. The van der Waals surface area contributed by atoms with Gasteiger partial charge in [-0.3, -0.25) is 4.79 Å². The molecule has 2 heterocycles. The Labute approximate surface area is 121 Å². The van der Waals surface area contributed by atoms with Crippen LogP contribution in [0.5, 0.6) is 5.75 Å². The van der Waals surface area contributed by atoms with Gasteiger partial charge in [0, 0.05) is 23.5 Å². The van der Waals surface area contributed by atoms with Crippen molar-refractivity contribution in [2.24, 2.45) is 5.73 Å². The monoisotopic (exact) mass is 282 g/mol. The Kier molecular flexibility index (Phi) is 3.06. The van der Waals surface area contributed by atoms with Crippen LogP contribution in [0.1, 0.15) is 15.9 Å². The van der Waals surface area contributed by atoms with Crippen molar-refractivity contribution in [1.29, 1.82) is 0 Å². The Morgan fingerprint density at radius 3 is 2.86 bits per heavy atom. The summed E-state index contributed by atoms with van der Waals surface area (Å²) in [6.07, 6.45) is 4.90. The van der Waals surface area contributed by atoms with Crippen molar-refractivity contribution in [3.8, 4) is 16.9 Å². The van der Waals surface area contributed by atoms with Crippen molar-refractivity contribution in [2.45, 2.75) is 6.92 Å². The summed E-state index contributed by atoms with van der Waals surface area (Å²) in [4.78, 5) is 15.6. The molecule has 0 aliphatic carbocycles. The third-order valence-electron chi connectivity index (χ3n) is 3.29. The Bertz CT molecular complexity index is 839. The number of rotatable bonds is 3. The van der Waals surface area contributed by atoms with E-state index < -0.39 is 5.91 Å². The molecule has 106 valence electrons. The number of nitrogens with zero attached hydrogens (tertiary/aromatic N) is 3. The molecule has 0 atom stereocenters. The van der Waals surface area contributed by atoms with Crippen molar-refractivity contribution in [3.63, 3.8) is 0 Å². The second kappa shape index (κ2) is 4.90. The van der Waals surface area contributed by atoms with Crippen LogP contribution < -0.4 is 10.5 Å². The van der Waals surface area contributed by atoms with E-state index in [1.54, 1.807) is 19.5 Å². The number of nitrogens with two attached hydrogens (primary N) is 1. The van der Waals surface area contributed by atoms with Crippen LogP contribution in [0, 0.1) is 6.92 Å². The number of primary amides is 1. The molecule has 2 aromatic heterocycles. The van der Waals surface area contributed by atoms with Gasteiger partial charge < -0.3 is 10.5 Å². The molecule has 21 heavy (non-hydrogen) atoms. The molecule has 6 nitrogen and oxygen atoms in total. The van der Waals surface area contributed by atoms with E-state index in [-0.39, 0.29) is 0 Å². The smallest absolute Gasteiger partial charge is 0.254 e. The third kappa shape index (κ3) is 2.20. The number of hydrogen-bond acceptors (Lipinski definition) is 4. The predicted molar refractivity (Wildman–Crippen MR) is 78.2 cm³/mol. The van der Waals surface area contributed by atoms with Gasteiger partial charge in [0.25, 0.3) is 5.91 Å². The van der Waals surface area contributed by atoms with Gasteiger partial charge in [-0.05, 0) is 19.1 Å². The topological polar surface area (TPSA) is 82.5 Å². The van der Waals surface area contributed by atoms with E-state index in [0.717, 1.165) is 22.4 Å². The summed E-state index contributed by atoms with van der Waals surface area (Å²) in [5, 5.41) is 4.12. The molecule has 3 aromatic rings. The fraction of sp³-hybridized carbons (Fsp3) is 0.133. The van der Waals surface area contributed by atoms with Gasteiger partial charge in [0.15, 0.2) is 5.65 Å². The lowest BCUT2D eigenvalue weighted by Crippen LogP contribution is -2.10. The zero-order valence-electron chi connectivity index (χ0n) is 11.7. The number of hydrogen-bond donors (Lipinski definition) is 1. The highest BCUT2D eigenvalue weighted by molar-refractivity contribution is 5.98. The Morgan fingerprint density at radius 1 is 1.33 bits per heavy atom. The lowest BCUT2D eigenvalue weighted by Gasteiger charge is -2.09. The molecule has 0 spiro atoms. The van der Waals surface area contributed by atoms with E-state index in [1.165, 1.54) is 10.7 Å². The number of aryl methyl sites for hydroxylation is 1. The van der Waals surface area contributed by atoms with Crippen LogP contribution in [0.15, 0.2) is 36.8 Å². The number of amides is 1. The first-order valence-corrected chi connectivity index (χ1v) is 6.38. The Hall–Kier alpha value is -2.89. The molecule has 0 fully saturated rings. The van der Waals surface area contributed by atoms with Crippen molar-refractivity contribution in [2.75, 3.05) is 7.11 Å². The molecule has 3 rings (SSSR count). The summed E-state index contributed by atoms with van der Waals surface area (Å²) < 4.78 is 6.92. The van der Waals surface area contributed by atoms with Crippen molar-refractivity contribution in [1.82, 2.24) is 14.6 Å². The molecule has 0 aliphatic heterocycles. The summed E-state index contributed by atoms with van der Waals surface area (Å²) in [7, 11) is 1.62. The molecule has 0 bridgehead atoms. The quantitative estimate of drug-likeness (QED) is 0.794. The van der Waals surface area contributed by atoms with E-state index in [2.05, 4.69) is 10.1 Å². The van der Waals surface area contributed by atoms with Crippen LogP contribution >= 0.6 is 0 Å². The minimum absolute atomic E-state index is 0.303. The molecular weight excluding hydrogens is 268 g/mol. The van der Waals surface area contributed by atoms with Crippen molar-refractivity contribution in [3.05, 3.63) is 47.9 Å². The average Bonchev–Trinajstić information content (AvgIpc) is 2.90. The standard InChI is InChI=1S/C15H14N4O2/c1-9-3-4-13(21-2)11(5-9)10-6-17-15-12(14(16)20)7-18-19(15)8-10/h3-8H,1-2H3,(H2,16,20). The van der Waals surface area contributed by atoms with E-state index in [9.17, 15) is 4.79 Å². The van der Waals surface area contributed by atoms with Gasteiger partial charge in [0.1, 0.15) is 11.3 Å². The Morgan fingerprint density at radius 2 is 2.14 bits per heavy atom. The van der Waals surface area contributed by atoms with E-state index >= 15 is 0 Å². The number of carbonyl (C=O) groups excluding carboxylic acids is 1.